The number of nitrogens with zero attached hydrogens (tertiary/aromatic N) is 1. The number of aromatic nitrogens is 2. The lowest BCUT2D eigenvalue weighted by Crippen LogP contribution is -2.27. The van der Waals surface area contributed by atoms with Gasteiger partial charge in [0.05, 0.1) is 11.0 Å². The molecule has 5 heteroatoms. The van der Waals surface area contributed by atoms with E-state index >= 15 is 0 Å². The number of carbonyl (C=O) groups excluding carboxylic acids is 1. The van der Waals surface area contributed by atoms with Crippen LogP contribution in [0.1, 0.15) is 24.2 Å². The van der Waals surface area contributed by atoms with Gasteiger partial charge in [0.1, 0.15) is 5.52 Å². The highest BCUT2D eigenvalue weighted by molar-refractivity contribution is 5.97. The molecule has 0 saturated carbocycles. The van der Waals surface area contributed by atoms with Crippen LogP contribution in [0, 0.1) is 5.92 Å². The van der Waals surface area contributed by atoms with Gasteiger partial charge in [0.15, 0.2) is 0 Å². The third-order valence-corrected chi connectivity index (χ3v) is 3.42. The molecule has 0 atom stereocenters. The molecule has 3 aromatic rings. The summed E-state index contributed by atoms with van der Waals surface area (Å²) in [6.45, 7) is 4.71. The molecule has 0 aliphatic rings. The minimum Gasteiger partial charge on any atom is -0.352 e. The summed E-state index contributed by atoms with van der Waals surface area (Å²) in [6, 6.07) is 8.93. The molecule has 0 aliphatic carbocycles. The number of hydrogen-bond donors (Lipinski definition) is 2. The molecule has 0 fully saturated rings. The molecule has 0 aliphatic heterocycles. The molecule has 0 saturated heterocycles. The summed E-state index contributed by atoms with van der Waals surface area (Å²) in [5.74, 6) is 0.271. The number of nitrogens with one attached hydrogen (secondary N) is 2. The van der Waals surface area contributed by atoms with Gasteiger partial charge in [-0.3, -0.25) is 9.59 Å². The molecule has 2 N–H and O–H groups in total. The third kappa shape index (κ3) is 2.42. The van der Waals surface area contributed by atoms with Crippen molar-refractivity contribution in [2.75, 3.05) is 6.54 Å². The average Bonchev–Trinajstić information content (AvgIpc) is 2.94. The van der Waals surface area contributed by atoms with Gasteiger partial charge in [0.25, 0.3) is 11.5 Å². The van der Waals surface area contributed by atoms with E-state index in [-0.39, 0.29) is 11.5 Å². The number of aromatic amines is 1. The summed E-state index contributed by atoms with van der Waals surface area (Å²) < 4.78 is 1.82. The molecular weight excluding hydrogens is 266 g/mol. The van der Waals surface area contributed by atoms with Crippen molar-refractivity contribution in [1.29, 1.82) is 0 Å². The first-order valence-electron chi connectivity index (χ1n) is 6.97. The van der Waals surface area contributed by atoms with Gasteiger partial charge in [-0.25, -0.2) is 0 Å². The number of H-pyrrole nitrogens is 1. The highest BCUT2D eigenvalue weighted by Gasteiger charge is 2.09. The SMILES string of the molecule is CC(C)CNC(=O)c1ccc2c(c1)[nH]c(=O)c1cccn12. The van der Waals surface area contributed by atoms with E-state index in [4.69, 9.17) is 0 Å². The zero-order valence-electron chi connectivity index (χ0n) is 12.0. The first kappa shape index (κ1) is 13.4. The Morgan fingerprint density at radius 3 is 2.86 bits per heavy atom. The molecule has 0 unspecified atom stereocenters. The van der Waals surface area contributed by atoms with Crippen LogP contribution >= 0.6 is 0 Å². The predicted molar refractivity (Wildman–Crippen MR) is 82.7 cm³/mol. The molecule has 2 heterocycles. The smallest absolute Gasteiger partial charge is 0.272 e. The summed E-state index contributed by atoms with van der Waals surface area (Å²) in [7, 11) is 0. The molecule has 0 bridgehead atoms. The Morgan fingerprint density at radius 2 is 2.10 bits per heavy atom. The van der Waals surface area contributed by atoms with Crippen molar-refractivity contribution in [1.82, 2.24) is 14.7 Å². The monoisotopic (exact) mass is 283 g/mol. The van der Waals surface area contributed by atoms with E-state index in [1.165, 1.54) is 0 Å². The van der Waals surface area contributed by atoms with E-state index in [9.17, 15) is 9.59 Å². The number of benzene rings is 1. The van der Waals surface area contributed by atoms with Crippen molar-refractivity contribution in [3.05, 3.63) is 52.4 Å². The topological polar surface area (TPSA) is 66.4 Å². The van der Waals surface area contributed by atoms with Gasteiger partial charge in [0.2, 0.25) is 0 Å². The van der Waals surface area contributed by atoms with Crippen molar-refractivity contribution in [2.45, 2.75) is 13.8 Å². The van der Waals surface area contributed by atoms with E-state index in [2.05, 4.69) is 10.3 Å². The zero-order chi connectivity index (χ0) is 15.0. The van der Waals surface area contributed by atoms with Gasteiger partial charge in [-0.15, -0.1) is 0 Å². The van der Waals surface area contributed by atoms with Gasteiger partial charge in [-0.05, 0) is 36.2 Å². The maximum absolute atomic E-state index is 12.1. The molecule has 21 heavy (non-hydrogen) atoms. The standard InChI is InChI=1S/C16H17N3O2/c1-10(2)9-17-15(20)11-5-6-13-12(8-11)18-16(21)14-4-3-7-19(13)14/h3-8,10H,9H2,1-2H3,(H,17,20)(H,18,21). The van der Waals surface area contributed by atoms with Crippen LogP contribution in [0.5, 0.6) is 0 Å². The van der Waals surface area contributed by atoms with Crippen LogP contribution in [0.2, 0.25) is 0 Å². The van der Waals surface area contributed by atoms with Crippen LogP contribution in [-0.4, -0.2) is 21.8 Å². The van der Waals surface area contributed by atoms with E-state index < -0.39 is 0 Å². The maximum Gasteiger partial charge on any atom is 0.272 e. The lowest BCUT2D eigenvalue weighted by molar-refractivity contribution is 0.0949. The quantitative estimate of drug-likeness (QED) is 0.773. The summed E-state index contributed by atoms with van der Waals surface area (Å²) in [4.78, 5) is 26.9. The Bertz CT molecular complexity index is 874. The fourth-order valence-corrected chi connectivity index (χ4v) is 2.35. The Hall–Kier alpha value is -2.56. The lowest BCUT2D eigenvalue weighted by atomic mass is 10.1. The molecule has 1 amide bonds. The second-order valence-electron chi connectivity index (χ2n) is 5.55. The van der Waals surface area contributed by atoms with Crippen LogP contribution < -0.4 is 10.9 Å². The van der Waals surface area contributed by atoms with E-state index in [1.807, 2.05) is 36.6 Å². The highest BCUT2D eigenvalue weighted by Crippen LogP contribution is 2.15. The second kappa shape index (κ2) is 5.09. The maximum atomic E-state index is 12.1. The van der Waals surface area contributed by atoms with Gasteiger partial charge in [-0.1, -0.05) is 13.8 Å². The van der Waals surface area contributed by atoms with E-state index in [0.717, 1.165) is 5.52 Å². The number of rotatable bonds is 3. The van der Waals surface area contributed by atoms with Crippen LogP contribution in [0.4, 0.5) is 0 Å². The van der Waals surface area contributed by atoms with Crippen LogP contribution in [0.15, 0.2) is 41.3 Å². The van der Waals surface area contributed by atoms with Crippen molar-refractivity contribution >= 4 is 22.5 Å². The molecule has 0 radical (unpaired) electrons. The Morgan fingerprint density at radius 1 is 1.29 bits per heavy atom. The molecule has 1 aromatic carbocycles. The summed E-state index contributed by atoms with van der Waals surface area (Å²) in [5.41, 5.74) is 2.51. The number of carbonyl (C=O) groups is 1. The Kier molecular flexibility index (Phi) is 3.25. The molecule has 3 rings (SSSR count). The third-order valence-electron chi connectivity index (χ3n) is 3.42. The minimum absolute atomic E-state index is 0.126. The first-order chi connectivity index (χ1) is 10.1. The Labute approximate surface area is 121 Å². The fraction of sp³-hybridized carbons (Fsp3) is 0.250. The van der Waals surface area contributed by atoms with Crippen molar-refractivity contribution in [3.8, 4) is 0 Å². The van der Waals surface area contributed by atoms with Gasteiger partial charge in [-0.2, -0.15) is 0 Å². The number of hydrogen-bond acceptors (Lipinski definition) is 2. The van der Waals surface area contributed by atoms with E-state index in [0.29, 0.717) is 29.1 Å². The van der Waals surface area contributed by atoms with Crippen molar-refractivity contribution in [2.24, 2.45) is 5.92 Å². The first-order valence-corrected chi connectivity index (χ1v) is 6.97. The summed E-state index contributed by atoms with van der Waals surface area (Å²) in [6.07, 6.45) is 1.84. The van der Waals surface area contributed by atoms with Crippen molar-refractivity contribution in [3.63, 3.8) is 0 Å². The van der Waals surface area contributed by atoms with E-state index in [1.54, 1.807) is 18.2 Å². The van der Waals surface area contributed by atoms with Crippen LogP contribution in [0.25, 0.3) is 16.6 Å². The predicted octanol–water partition coefficient (Wildman–Crippen LogP) is 2.17. The second-order valence-corrected chi connectivity index (χ2v) is 5.55. The highest BCUT2D eigenvalue weighted by atomic mass is 16.1. The number of amides is 1. The number of fused-ring (bicyclic) bond motifs is 3. The minimum atomic E-state index is -0.160. The Balaban J connectivity index is 2.06. The molecule has 108 valence electrons. The molecule has 5 nitrogen and oxygen atoms in total. The van der Waals surface area contributed by atoms with Crippen molar-refractivity contribution < 1.29 is 4.79 Å². The fourth-order valence-electron chi connectivity index (χ4n) is 2.35. The normalized spacial score (nSPS) is 11.4. The average molecular weight is 283 g/mol. The van der Waals surface area contributed by atoms with Gasteiger partial charge in [0, 0.05) is 18.3 Å². The molecular formula is C16H17N3O2. The van der Waals surface area contributed by atoms with Gasteiger partial charge < -0.3 is 14.7 Å². The summed E-state index contributed by atoms with van der Waals surface area (Å²) >= 11 is 0. The van der Waals surface area contributed by atoms with Crippen LogP contribution in [0.3, 0.4) is 0 Å². The lowest BCUT2D eigenvalue weighted by Gasteiger charge is -2.09. The zero-order valence-corrected chi connectivity index (χ0v) is 12.0. The largest absolute Gasteiger partial charge is 0.352 e. The molecule has 0 spiro atoms. The van der Waals surface area contributed by atoms with Crippen LogP contribution in [-0.2, 0) is 0 Å². The summed E-state index contributed by atoms with van der Waals surface area (Å²) in [5, 5.41) is 2.87. The van der Waals surface area contributed by atoms with Gasteiger partial charge >= 0.3 is 0 Å². The molecule has 2 aromatic heterocycles.